The minimum atomic E-state index is -0.388. The van der Waals surface area contributed by atoms with Crippen molar-refractivity contribution in [2.45, 2.75) is 26.7 Å². The van der Waals surface area contributed by atoms with Crippen LogP contribution in [0.15, 0.2) is 48.5 Å². The van der Waals surface area contributed by atoms with Crippen LogP contribution in [0.2, 0.25) is 0 Å². The van der Waals surface area contributed by atoms with Crippen LogP contribution in [0.25, 0.3) is 0 Å². The summed E-state index contributed by atoms with van der Waals surface area (Å²) in [7, 11) is 0. The van der Waals surface area contributed by atoms with Gasteiger partial charge in [-0.3, -0.25) is 4.79 Å². The van der Waals surface area contributed by atoms with Crippen LogP contribution in [0, 0.1) is 6.92 Å². The van der Waals surface area contributed by atoms with Crippen molar-refractivity contribution in [2.75, 3.05) is 5.32 Å². The van der Waals surface area contributed by atoms with Gasteiger partial charge in [0.15, 0.2) is 5.69 Å². The van der Waals surface area contributed by atoms with Crippen molar-refractivity contribution in [3.8, 4) is 0 Å². The molecule has 1 aromatic heterocycles. The fourth-order valence-corrected chi connectivity index (χ4v) is 2.68. The molecule has 134 valence electrons. The highest BCUT2D eigenvalue weighted by atomic mass is 16.3. The van der Waals surface area contributed by atoms with Crippen LogP contribution >= 0.6 is 0 Å². The summed E-state index contributed by atoms with van der Waals surface area (Å²) in [6, 6.07) is 14.8. The zero-order chi connectivity index (χ0) is 18.5. The van der Waals surface area contributed by atoms with Crippen LogP contribution in [0.3, 0.4) is 0 Å². The number of anilines is 1. The molecule has 0 atom stereocenters. The summed E-state index contributed by atoms with van der Waals surface area (Å²) in [5.41, 5.74) is 3.67. The molecule has 0 saturated carbocycles. The average molecular weight is 352 g/mol. The second-order valence-electron chi connectivity index (χ2n) is 5.98. The third-order valence-electron chi connectivity index (χ3n) is 4.05. The van der Waals surface area contributed by atoms with E-state index in [-0.39, 0.29) is 24.8 Å². The molecule has 1 heterocycles. The van der Waals surface area contributed by atoms with E-state index in [0.717, 1.165) is 5.56 Å². The number of aromatic nitrogens is 3. The second kappa shape index (κ2) is 7.90. The number of carbonyl (C=O) groups excluding carboxylic acids is 1. The van der Waals surface area contributed by atoms with E-state index in [0.29, 0.717) is 29.1 Å². The molecule has 0 unspecified atom stereocenters. The first-order valence-corrected chi connectivity index (χ1v) is 8.20. The van der Waals surface area contributed by atoms with Gasteiger partial charge < -0.3 is 15.5 Å². The first-order valence-electron chi connectivity index (χ1n) is 8.20. The summed E-state index contributed by atoms with van der Waals surface area (Å²) in [6.45, 7) is 1.97. The summed E-state index contributed by atoms with van der Waals surface area (Å²) in [6.07, 6.45) is 0. The lowest BCUT2D eigenvalue weighted by molar-refractivity contribution is 0.102. The Morgan fingerprint density at radius 1 is 1.04 bits per heavy atom. The van der Waals surface area contributed by atoms with E-state index in [1.54, 1.807) is 29.8 Å². The molecule has 0 spiro atoms. The summed E-state index contributed by atoms with van der Waals surface area (Å²) in [4.78, 5) is 12.5. The molecule has 0 radical (unpaired) electrons. The number of rotatable bonds is 6. The van der Waals surface area contributed by atoms with Gasteiger partial charge >= 0.3 is 0 Å². The van der Waals surface area contributed by atoms with E-state index in [1.807, 2.05) is 30.3 Å². The standard InChI is InChI=1S/C19H20N4O3/c1-13-18(21-22-23(13)10-14-5-3-2-4-6-14)19(26)20-17-8-15(11-24)7-16(9-17)12-25/h2-9,24-25H,10-12H2,1H3,(H,20,26). The number of hydrogen-bond acceptors (Lipinski definition) is 5. The monoisotopic (exact) mass is 352 g/mol. The first kappa shape index (κ1) is 17.8. The van der Waals surface area contributed by atoms with E-state index in [4.69, 9.17) is 0 Å². The molecule has 0 aliphatic rings. The maximum Gasteiger partial charge on any atom is 0.278 e. The quantitative estimate of drug-likeness (QED) is 0.629. The maximum absolute atomic E-state index is 12.5. The molecule has 0 aliphatic heterocycles. The number of nitrogens with one attached hydrogen (secondary N) is 1. The van der Waals surface area contributed by atoms with Crippen molar-refractivity contribution < 1.29 is 15.0 Å². The molecular weight excluding hydrogens is 332 g/mol. The molecular formula is C19H20N4O3. The number of aliphatic hydroxyl groups is 2. The van der Waals surface area contributed by atoms with Gasteiger partial charge in [0, 0.05) is 5.69 Å². The van der Waals surface area contributed by atoms with Gasteiger partial charge in [0.05, 0.1) is 25.5 Å². The van der Waals surface area contributed by atoms with E-state index >= 15 is 0 Å². The zero-order valence-corrected chi connectivity index (χ0v) is 14.4. The van der Waals surface area contributed by atoms with Crippen LogP contribution < -0.4 is 5.32 Å². The Labute approximate surface area is 150 Å². The van der Waals surface area contributed by atoms with Gasteiger partial charge in [0.1, 0.15) is 0 Å². The predicted molar refractivity (Wildman–Crippen MR) is 96.5 cm³/mol. The molecule has 3 aromatic rings. The van der Waals surface area contributed by atoms with E-state index in [9.17, 15) is 15.0 Å². The first-order chi connectivity index (χ1) is 12.6. The molecule has 3 rings (SSSR count). The molecule has 7 nitrogen and oxygen atoms in total. The third-order valence-corrected chi connectivity index (χ3v) is 4.05. The lowest BCUT2D eigenvalue weighted by Gasteiger charge is -2.08. The Hall–Kier alpha value is -3.03. The minimum absolute atomic E-state index is 0.178. The van der Waals surface area contributed by atoms with Gasteiger partial charge in [-0.1, -0.05) is 41.6 Å². The van der Waals surface area contributed by atoms with Gasteiger partial charge in [0.25, 0.3) is 5.91 Å². The summed E-state index contributed by atoms with van der Waals surface area (Å²) < 4.78 is 1.67. The van der Waals surface area contributed by atoms with Gasteiger partial charge in [-0.05, 0) is 35.7 Å². The fourth-order valence-electron chi connectivity index (χ4n) is 2.68. The molecule has 2 aromatic carbocycles. The normalized spacial score (nSPS) is 10.7. The van der Waals surface area contributed by atoms with Crippen LogP contribution in [-0.2, 0) is 19.8 Å². The third kappa shape index (κ3) is 3.96. The lowest BCUT2D eigenvalue weighted by atomic mass is 10.1. The topological polar surface area (TPSA) is 100 Å². The number of hydrogen-bond donors (Lipinski definition) is 3. The van der Waals surface area contributed by atoms with Crippen molar-refractivity contribution in [3.63, 3.8) is 0 Å². The highest BCUT2D eigenvalue weighted by Crippen LogP contribution is 2.17. The largest absolute Gasteiger partial charge is 0.392 e. The maximum atomic E-state index is 12.5. The average Bonchev–Trinajstić information content (AvgIpc) is 3.02. The van der Waals surface area contributed by atoms with Crippen LogP contribution in [-0.4, -0.2) is 31.1 Å². The lowest BCUT2D eigenvalue weighted by Crippen LogP contribution is -2.15. The molecule has 1 amide bonds. The van der Waals surface area contributed by atoms with Gasteiger partial charge in [0.2, 0.25) is 0 Å². The highest BCUT2D eigenvalue weighted by Gasteiger charge is 2.17. The van der Waals surface area contributed by atoms with Crippen molar-refractivity contribution in [1.29, 1.82) is 0 Å². The molecule has 0 bridgehead atoms. The Bertz CT molecular complexity index is 884. The number of benzene rings is 2. The van der Waals surface area contributed by atoms with E-state index in [2.05, 4.69) is 15.6 Å². The summed E-state index contributed by atoms with van der Waals surface area (Å²) in [5, 5.41) is 29.4. The van der Waals surface area contributed by atoms with E-state index < -0.39 is 0 Å². The van der Waals surface area contributed by atoms with Gasteiger partial charge in [-0.15, -0.1) is 5.10 Å². The van der Waals surface area contributed by atoms with Crippen LogP contribution in [0.5, 0.6) is 0 Å². The number of nitrogens with zero attached hydrogens (tertiary/aromatic N) is 3. The zero-order valence-electron chi connectivity index (χ0n) is 14.4. The van der Waals surface area contributed by atoms with Gasteiger partial charge in [-0.25, -0.2) is 4.68 Å². The van der Waals surface area contributed by atoms with Crippen molar-refractivity contribution in [2.24, 2.45) is 0 Å². The molecule has 7 heteroatoms. The molecule has 0 aliphatic carbocycles. The highest BCUT2D eigenvalue weighted by molar-refractivity contribution is 6.03. The van der Waals surface area contributed by atoms with Crippen molar-refractivity contribution in [3.05, 3.63) is 76.6 Å². The van der Waals surface area contributed by atoms with E-state index in [1.165, 1.54) is 0 Å². The Balaban J connectivity index is 1.79. The number of carbonyl (C=O) groups is 1. The second-order valence-corrected chi connectivity index (χ2v) is 5.98. The molecule has 0 fully saturated rings. The van der Waals surface area contributed by atoms with Gasteiger partial charge in [-0.2, -0.15) is 0 Å². The molecule has 0 saturated heterocycles. The summed E-state index contributed by atoms with van der Waals surface area (Å²) in [5.74, 6) is -0.388. The molecule has 26 heavy (non-hydrogen) atoms. The van der Waals surface area contributed by atoms with Crippen molar-refractivity contribution >= 4 is 11.6 Å². The van der Waals surface area contributed by atoms with Crippen LogP contribution in [0.1, 0.15) is 32.9 Å². The Morgan fingerprint density at radius 2 is 1.69 bits per heavy atom. The van der Waals surface area contributed by atoms with Crippen molar-refractivity contribution in [1.82, 2.24) is 15.0 Å². The number of amides is 1. The van der Waals surface area contributed by atoms with Crippen LogP contribution in [0.4, 0.5) is 5.69 Å². The molecule has 3 N–H and O–H groups in total. The minimum Gasteiger partial charge on any atom is -0.392 e. The number of aliphatic hydroxyl groups excluding tert-OH is 2. The SMILES string of the molecule is Cc1c(C(=O)Nc2cc(CO)cc(CO)c2)nnn1Cc1ccccc1. The fraction of sp³-hybridized carbons (Fsp3) is 0.211. The predicted octanol–water partition coefficient (Wildman–Crippen LogP) is 1.87. The Morgan fingerprint density at radius 3 is 2.31 bits per heavy atom. The Kier molecular flexibility index (Phi) is 5.40. The smallest absolute Gasteiger partial charge is 0.278 e. The summed E-state index contributed by atoms with van der Waals surface area (Å²) >= 11 is 0.